The van der Waals surface area contributed by atoms with Gasteiger partial charge in [-0.3, -0.25) is 9.78 Å². The summed E-state index contributed by atoms with van der Waals surface area (Å²) in [5.41, 5.74) is 6.92. The second-order valence-electron chi connectivity index (χ2n) is 5.08. The molecule has 1 aromatic rings. The number of hydrogen-bond donors (Lipinski definition) is 1. The van der Waals surface area contributed by atoms with Crippen LogP contribution in [0, 0.1) is 5.92 Å². The molecule has 1 saturated carbocycles. The first kappa shape index (κ1) is 13.0. The molecular formula is C14H21N3O. The summed E-state index contributed by atoms with van der Waals surface area (Å²) >= 11 is 0. The summed E-state index contributed by atoms with van der Waals surface area (Å²) in [7, 11) is 1.80. The first-order valence-electron chi connectivity index (χ1n) is 6.60. The molecule has 0 radical (unpaired) electrons. The quantitative estimate of drug-likeness (QED) is 0.888. The zero-order chi connectivity index (χ0) is 13.0. The van der Waals surface area contributed by atoms with Crippen molar-refractivity contribution in [2.45, 2.75) is 38.1 Å². The molecule has 4 nitrogen and oxygen atoms in total. The lowest BCUT2D eigenvalue weighted by Crippen LogP contribution is -2.37. The van der Waals surface area contributed by atoms with Gasteiger partial charge >= 0.3 is 0 Å². The Kier molecular flexibility index (Phi) is 4.31. The molecule has 1 aromatic heterocycles. The molecule has 2 N–H and O–H groups in total. The van der Waals surface area contributed by atoms with Crippen LogP contribution in [-0.4, -0.2) is 24.0 Å². The minimum atomic E-state index is 0.130. The third-order valence-electron chi connectivity index (χ3n) is 3.81. The van der Waals surface area contributed by atoms with E-state index in [0.29, 0.717) is 12.3 Å². The van der Waals surface area contributed by atoms with Crippen LogP contribution in [0.2, 0.25) is 0 Å². The van der Waals surface area contributed by atoms with Crippen LogP contribution in [-0.2, 0) is 4.79 Å². The van der Waals surface area contributed by atoms with Crippen LogP contribution in [0.4, 0.5) is 5.69 Å². The van der Waals surface area contributed by atoms with Crippen molar-refractivity contribution in [1.29, 1.82) is 0 Å². The molecule has 1 amide bonds. The van der Waals surface area contributed by atoms with Crippen LogP contribution in [0.25, 0.3) is 0 Å². The molecule has 98 valence electrons. The monoisotopic (exact) mass is 247 g/mol. The van der Waals surface area contributed by atoms with Gasteiger partial charge in [0.05, 0.1) is 11.9 Å². The van der Waals surface area contributed by atoms with E-state index in [1.807, 2.05) is 12.1 Å². The molecule has 2 rings (SSSR count). The van der Waals surface area contributed by atoms with E-state index in [4.69, 9.17) is 5.73 Å². The summed E-state index contributed by atoms with van der Waals surface area (Å²) in [6.45, 7) is 0. The Bertz CT molecular complexity index is 393. The fourth-order valence-corrected chi connectivity index (χ4v) is 2.55. The minimum Gasteiger partial charge on any atom is -0.327 e. The Morgan fingerprint density at radius 3 is 2.94 bits per heavy atom. The number of anilines is 1. The number of aromatic nitrogens is 1. The second-order valence-corrected chi connectivity index (χ2v) is 5.08. The van der Waals surface area contributed by atoms with Crippen molar-refractivity contribution in [3.63, 3.8) is 0 Å². The van der Waals surface area contributed by atoms with Crippen LogP contribution in [0.15, 0.2) is 24.5 Å². The van der Waals surface area contributed by atoms with Crippen LogP contribution < -0.4 is 10.6 Å². The lowest BCUT2D eigenvalue weighted by Gasteiger charge is -2.29. The van der Waals surface area contributed by atoms with Crippen molar-refractivity contribution in [3.8, 4) is 0 Å². The van der Waals surface area contributed by atoms with Gasteiger partial charge in [-0.25, -0.2) is 0 Å². The summed E-state index contributed by atoms with van der Waals surface area (Å²) in [5.74, 6) is 0.468. The van der Waals surface area contributed by atoms with Crippen LogP contribution in [0.1, 0.15) is 32.1 Å². The zero-order valence-electron chi connectivity index (χ0n) is 10.9. The van der Waals surface area contributed by atoms with E-state index in [9.17, 15) is 4.79 Å². The number of amides is 1. The molecule has 0 saturated heterocycles. The Morgan fingerprint density at radius 1 is 1.50 bits per heavy atom. The Morgan fingerprint density at radius 2 is 2.28 bits per heavy atom. The molecule has 2 unspecified atom stereocenters. The number of rotatable bonds is 3. The first-order valence-corrected chi connectivity index (χ1v) is 6.60. The van der Waals surface area contributed by atoms with Gasteiger partial charge in [-0.1, -0.05) is 12.8 Å². The van der Waals surface area contributed by atoms with Crippen LogP contribution >= 0.6 is 0 Å². The Balaban J connectivity index is 1.95. The number of pyridine rings is 1. The highest BCUT2D eigenvalue weighted by atomic mass is 16.2. The van der Waals surface area contributed by atoms with E-state index in [1.54, 1.807) is 24.3 Å². The largest absolute Gasteiger partial charge is 0.327 e. The number of nitrogens with two attached hydrogens (primary N) is 1. The Labute approximate surface area is 108 Å². The predicted octanol–water partition coefficient (Wildman–Crippen LogP) is 1.95. The van der Waals surface area contributed by atoms with Crippen molar-refractivity contribution < 1.29 is 4.79 Å². The lowest BCUT2D eigenvalue weighted by atomic mass is 9.83. The summed E-state index contributed by atoms with van der Waals surface area (Å²) in [6.07, 6.45) is 8.49. The predicted molar refractivity (Wildman–Crippen MR) is 72.2 cm³/mol. The van der Waals surface area contributed by atoms with Gasteiger partial charge in [-0.05, 0) is 30.9 Å². The van der Waals surface area contributed by atoms with Gasteiger partial charge in [0, 0.05) is 25.7 Å². The highest BCUT2D eigenvalue weighted by molar-refractivity contribution is 5.92. The first-order chi connectivity index (χ1) is 8.68. The average Bonchev–Trinajstić information content (AvgIpc) is 2.41. The highest BCUT2D eigenvalue weighted by Gasteiger charge is 2.25. The SMILES string of the molecule is CN(C(=O)CC1CCCCC1N)c1cccnc1. The van der Waals surface area contributed by atoms with E-state index in [1.165, 1.54) is 12.8 Å². The third kappa shape index (κ3) is 3.07. The summed E-state index contributed by atoms with van der Waals surface area (Å²) in [5, 5.41) is 0. The van der Waals surface area contributed by atoms with Crippen molar-refractivity contribution in [1.82, 2.24) is 4.98 Å². The highest BCUT2D eigenvalue weighted by Crippen LogP contribution is 2.26. The van der Waals surface area contributed by atoms with Gasteiger partial charge in [0.25, 0.3) is 0 Å². The van der Waals surface area contributed by atoms with Crippen molar-refractivity contribution in [3.05, 3.63) is 24.5 Å². The molecular weight excluding hydrogens is 226 g/mol. The molecule has 1 aliphatic carbocycles. The summed E-state index contributed by atoms with van der Waals surface area (Å²) in [6, 6.07) is 3.92. The molecule has 1 fully saturated rings. The molecule has 0 spiro atoms. The number of carbonyl (C=O) groups excluding carboxylic acids is 1. The molecule has 18 heavy (non-hydrogen) atoms. The van der Waals surface area contributed by atoms with Crippen molar-refractivity contribution >= 4 is 11.6 Å². The van der Waals surface area contributed by atoms with Gasteiger partial charge in [-0.15, -0.1) is 0 Å². The lowest BCUT2D eigenvalue weighted by molar-refractivity contribution is -0.119. The zero-order valence-corrected chi connectivity index (χ0v) is 10.9. The average molecular weight is 247 g/mol. The molecule has 1 aliphatic rings. The van der Waals surface area contributed by atoms with E-state index in [2.05, 4.69) is 4.98 Å². The third-order valence-corrected chi connectivity index (χ3v) is 3.81. The maximum atomic E-state index is 12.2. The number of hydrogen-bond acceptors (Lipinski definition) is 3. The van der Waals surface area contributed by atoms with Gasteiger partial charge in [0.1, 0.15) is 0 Å². The van der Waals surface area contributed by atoms with Gasteiger partial charge in [0.2, 0.25) is 5.91 Å². The molecule has 0 aliphatic heterocycles. The molecule has 1 heterocycles. The van der Waals surface area contributed by atoms with Crippen molar-refractivity contribution in [2.24, 2.45) is 11.7 Å². The maximum Gasteiger partial charge on any atom is 0.227 e. The summed E-state index contributed by atoms with van der Waals surface area (Å²) in [4.78, 5) is 17.9. The topological polar surface area (TPSA) is 59.2 Å². The molecule has 0 bridgehead atoms. The normalized spacial score (nSPS) is 23.7. The molecule has 0 aromatic carbocycles. The van der Waals surface area contributed by atoms with Gasteiger partial charge in [0.15, 0.2) is 0 Å². The van der Waals surface area contributed by atoms with Crippen LogP contribution in [0.3, 0.4) is 0 Å². The fourth-order valence-electron chi connectivity index (χ4n) is 2.55. The van der Waals surface area contributed by atoms with Gasteiger partial charge < -0.3 is 10.6 Å². The second kappa shape index (κ2) is 5.96. The van der Waals surface area contributed by atoms with E-state index in [0.717, 1.165) is 18.5 Å². The maximum absolute atomic E-state index is 12.2. The van der Waals surface area contributed by atoms with E-state index in [-0.39, 0.29) is 11.9 Å². The van der Waals surface area contributed by atoms with Crippen molar-refractivity contribution in [2.75, 3.05) is 11.9 Å². The van der Waals surface area contributed by atoms with E-state index < -0.39 is 0 Å². The van der Waals surface area contributed by atoms with Crippen LogP contribution in [0.5, 0.6) is 0 Å². The molecule has 2 atom stereocenters. The Hall–Kier alpha value is -1.42. The number of carbonyl (C=O) groups is 1. The summed E-state index contributed by atoms with van der Waals surface area (Å²) < 4.78 is 0. The van der Waals surface area contributed by atoms with Gasteiger partial charge in [-0.2, -0.15) is 0 Å². The minimum absolute atomic E-state index is 0.130. The number of nitrogens with zero attached hydrogens (tertiary/aromatic N) is 2. The fraction of sp³-hybridized carbons (Fsp3) is 0.571. The standard InChI is InChI=1S/C14H21N3O/c1-17(12-6-4-8-16-10-12)14(18)9-11-5-2-3-7-13(11)15/h4,6,8,10-11,13H,2-3,5,7,9,15H2,1H3. The van der Waals surface area contributed by atoms with E-state index >= 15 is 0 Å². The molecule has 4 heteroatoms. The smallest absolute Gasteiger partial charge is 0.227 e.